The third-order valence-electron chi connectivity index (χ3n) is 3.93. The van der Waals surface area contributed by atoms with E-state index in [2.05, 4.69) is 10.2 Å². The summed E-state index contributed by atoms with van der Waals surface area (Å²) in [6.07, 6.45) is 0.824. The summed E-state index contributed by atoms with van der Waals surface area (Å²) in [7, 11) is 0. The van der Waals surface area contributed by atoms with Gasteiger partial charge in [0.2, 0.25) is 5.88 Å². The Bertz CT molecular complexity index is 1010. The van der Waals surface area contributed by atoms with E-state index >= 15 is 0 Å². The van der Waals surface area contributed by atoms with Crippen molar-refractivity contribution in [2.24, 2.45) is 10.2 Å². The number of nitrogens with zero attached hydrogens (tertiary/aromatic N) is 4. The summed E-state index contributed by atoms with van der Waals surface area (Å²) >= 11 is 0. The second-order valence-electron chi connectivity index (χ2n) is 5.65. The van der Waals surface area contributed by atoms with Crippen molar-refractivity contribution < 1.29 is 14.8 Å². The van der Waals surface area contributed by atoms with Crippen molar-refractivity contribution in [3.8, 4) is 5.88 Å². The molecule has 0 atom stereocenters. The van der Waals surface area contributed by atoms with Gasteiger partial charge in [0, 0.05) is 29.6 Å². The standard InChI is InChI=1S/C18H16N4O4/c1-2-11-21-15-6-4-3-5-14(15)16(18(21)24)19-20-17(23)12-7-9-13(10-8-12)22(25)26/h3-10,24H,2,11H2,1H3. The second kappa shape index (κ2) is 7.14. The first-order valence-electron chi connectivity index (χ1n) is 8.03. The van der Waals surface area contributed by atoms with Gasteiger partial charge in [-0.3, -0.25) is 14.9 Å². The van der Waals surface area contributed by atoms with E-state index in [9.17, 15) is 20.0 Å². The minimum Gasteiger partial charge on any atom is -0.493 e. The van der Waals surface area contributed by atoms with Crippen molar-refractivity contribution in [3.05, 3.63) is 64.2 Å². The van der Waals surface area contributed by atoms with Crippen LogP contribution in [-0.2, 0) is 6.54 Å². The van der Waals surface area contributed by atoms with Gasteiger partial charge in [0.25, 0.3) is 11.6 Å². The normalized spacial score (nSPS) is 11.3. The first-order chi connectivity index (χ1) is 12.5. The van der Waals surface area contributed by atoms with E-state index in [1.54, 1.807) is 10.6 Å². The van der Waals surface area contributed by atoms with E-state index in [1.165, 1.54) is 24.3 Å². The first kappa shape index (κ1) is 17.3. The van der Waals surface area contributed by atoms with E-state index in [0.29, 0.717) is 11.9 Å². The van der Waals surface area contributed by atoms with Gasteiger partial charge in [-0.15, -0.1) is 10.2 Å². The van der Waals surface area contributed by atoms with Crippen LogP contribution in [0.25, 0.3) is 10.9 Å². The number of benzene rings is 2. The van der Waals surface area contributed by atoms with Gasteiger partial charge in [0.05, 0.1) is 10.4 Å². The van der Waals surface area contributed by atoms with E-state index < -0.39 is 10.8 Å². The summed E-state index contributed by atoms with van der Waals surface area (Å²) in [4.78, 5) is 22.3. The highest BCUT2D eigenvalue weighted by molar-refractivity contribution is 5.97. The van der Waals surface area contributed by atoms with E-state index in [-0.39, 0.29) is 22.8 Å². The Labute approximate surface area is 148 Å². The lowest BCUT2D eigenvalue weighted by molar-refractivity contribution is -0.384. The van der Waals surface area contributed by atoms with Gasteiger partial charge in [-0.25, -0.2) is 0 Å². The molecule has 0 aliphatic heterocycles. The van der Waals surface area contributed by atoms with E-state index in [0.717, 1.165) is 11.9 Å². The molecule has 0 saturated carbocycles. The molecule has 0 fully saturated rings. The topological polar surface area (TPSA) is 110 Å². The van der Waals surface area contributed by atoms with Crippen LogP contribution >= 0.6 is 0 Å². The van der Waals surface area contributed by atoms with Crippen LogP contribution in [0.5, 0.6) is 5.88 Å². The Hall–Kier alpha value is -3.55. The minimum absolute atomic E-state index is 0.0479. The molecule has 2 aromatic carbocycles. The molecule has 0 aliphatic carbocycles. The zero-order valence-electron chi connectivity index (χ0n) is 14.0. The molecule has 1 amide bonds. The molecule has 0 spiro atoms. The number of aromatic hydroxyl groups is 1. The Morgan fingerprint density at radius 3 is 2.54 bits per heavy atom. The Morgan fingerprint density at radius 2 is 1.88 bits per heavy atom. The summed E-state index contributed by atoms with van der Waals surface area (Å²) in [6, 6.07) is 12.4. The summed E-state index contributed by atoms with van der Waals surface area (Å²) in [5.41, 5.74) is 1.10. The number of non-ortho nitro benzene ring substituents is 1. The summed E-state index contributed by atoms with van der Waals surface area (Å²) in [6.45, 7) is 2.60. The lowest BCUT2D eigenvalue weighted by Gasteiger charge is -2.03. The fourth-order valence-electron chi connectivity index (χ4n) is 2.70. The first-order valence-corrected chi connectivity index (χ1v) is 8.03. The molecule has 132 valence electrons. The molecule has 0 saturated heterocycles. The van der Waals surface area contributed by atoms with Crippen molar-refractivity contribution >= 4 is 28.2 Å². The number of carbonyl (C=O) groups is 1. The molecule has 1 heterocycles. The number of fused-ring (bicyclic) bond motifs is 1. The number of aryl methyl sites for hydroxylation is 1. The Balaban J connectivity index is 1.94. The maximum atomic E-state index is 12.2. The Morgan fingerprint density at radius 1 is 1.19 bits per heavy atom. The van der Waals surface area contributed by atoms with Crippen LogP contribution in [-0.4, -0.2) is 20.5 Å². The number of aromatic nitrogens is 1. The van der Waals surface area contributed by atoms with Crippen LogP contribution in [0.1, 0.15) is 23.7 Å². The van der Waals surface area contributed by atoms with Crippen molar-refractivity contribution in [1.29, 1.82) is 0 Å². The number of azo groups is 1. The summed E-state index contributed by atoms with van der Waals surface area (Å²) < 4.78 is 1.72. The molecule has 0 radical (unpaired) electrons. The Kier molecular flexibility index (Phi) is 4.74. The fourth-order valence-corrected chi connectivity index (χ4v) is 2.70. The van der Waals surface area contributed by atoms with Crippen molar-refractivity contribution in [3.63, 3.8) is 0 Å². The zero-order chi connectivity index (χ0) is 18.7. The number of nitro benzene ring substituents is 1. The highest BCUT2D eigenvalue weighted by Gasteiger charge is 2.16. The van der Waals surface area contributed by atoms with Crippen LogP contribution in [0.3, 0.4) is 0 Å². The molecule has 1 N–H and O–H groups in total. The number of amides is 1. The highest BCUT2D eigenvalue weighted by Crippen LogP contribution is 2.38. The van der Waals surface area contributed by atoms with E-state index in [1.807, 2.05) is 25.1 Å². The van der Waals surface area contributed by atoms with Crippen LogP contribution in [0, 0.1) is 10.1 Å². The zero-order valence-corrected chi connectivity index (χ0v) is 14.0. The average Bonchev–Trinajstić information content (AvgIpc) is 2.92. The summed E-state index contributed by atoms with van der Waals surface area (Å²) in [5, 5.41) is 29.4. The molecule has 8 heteroatoms. The number of carbonyl (C=O) groups excluding carboxylic acids is 1. The highest BCUT2D eigenvalue weighted by atomic mass is 16.6. The van der Waals surface area contributed by atoms with Crippen LogP contribution < -0.4 is 0 Å². The predicted octanol–water partition coefficient (Wildman–Crippen LogP) is 4.59. The molecule has 1 aromatic heterocycles. The molecular formula is C18H16N4O4. The summed E-state index contributed by atoms with van der Waals surface area (Å²) in [5.74, 6) is -0.695. The van der Waals surface area contributed by atoms with Crippen molar-refractivity contribution in [2.75, 3.05) is 0 Å². The number of hydrogen-bond acceptors (Lipinski definition) is 5. The van der Waals surface area contributed by atoms with Gasteiger partial charge in [-0.2, -0.15) is 0 Å². The lowest BCUT2D eigenvalue weighted by atomic mass is 10.2. The fraction of sp³-hybridized carbons (Fsp3) is 0.167. The number of para-hydroxylation sites is 1. The van der Waals surface area contributed by atoms with Gasteiger partial charge in [0.1, 0.15) is 0 Å². The molecule has 0 aliphatic rings. The third-order valence-corrected chi connectivity index (χ3v) is 3.93. The predicted molar refractivity (Wildman–Crippen MR) is 95.8 cm³/mol. The molecular weight excluding hydrogens is 336 g/mol. The molecule has 26 heavy (non-hydrogen) atoms. The van der Waals surface area contributed by atoms with Gasteiger partial charge >= 0.3 is 0 Å². The molecule has 8 nitrogen and oxygen atoms in total. The van der Waals surface area contributed by atoms with Gasteiger partial charge in [-0.05, 0) is 24.6 Å². The van der Waals surface area contributed by atoms with Gasteiger partial charge < -0.3 is 9.67 Å². The third kappa shape index (κ3) is 3.16. The average molecular weight is 352 g/mol. The molecule has 3 rings (SSSR count). The maximum absolute atomic E-state index is 12.2. The molecule has 3 aromatic rings. The largest absolute Gasteiger partial charge is 0.493 e. The van der Waals surface area contributed by atoms with Crippen LogP contribution in [0.15, 0.2) is 58.8 Å². The molecule has 0 bridgehead atoms. The van der Waals surface area contributed by atoms with Gasteiger partial charge in [-0.1, -0.05) is 25.1 Å². The number of hydrogen-bond donors (Lipinski definition) is 1. The smallest absolute Gasteiger partial charge is 0.295 e. The van der Waals surface area contributed by atoms with Crippen molar-refractivity contribution in [2.45, 2.75) is 19.9 Å². The molecule has 0 unspecified atom stereocenters. The maximum Gasteiger partial charge on any atom is 0.295 e. The number of nitro groups is 1. The monoisotopic (exact) mass is 352 g/mol. The van der Waals surface area contributed by atoms with Crippen molar-refractivity contribution in [1.82, 2.24) is 4.57 Å². The lowest BCUT2D eigenvalue weighted by Crippen LogP contribution is -1.95. The number of rotatable bonds is 5. The second-order valence-corrected chi connectivity index (χ2v) is 5.65. The van der Waals surface area contributed by atoms with Gasteiger partial charge in [0.15, 0.2) is 5.69 Å². The van der Waals surface area contributed by atoms with Crippen LogP contribution in [0.4, 0.5) is 11.4 Å². The van der Waals surface area contributed by atoms with Crippen LogP contribution in [0.2, 0.25) is 0 Å². The quantitative estimate of drug-likeness (QED) is 0.411. The SMILES string of the molecule is CCCn1c(O)c(N=NC(=O)c2ccc([N+](=O)[O-])cc2)c2ccccc21. The van der Waals surface area contributed by atoms with E-state index in [4.69, 9.17) is 0 Å². The minimum atomic E-state index is -0.647.